The molecule has 2 aromatic rings. The Labute approximate surface area is 133 Å². The molecule has 7 heteroatoms. The fraction of sp³-hybridized carbons (Fsp3) is 0.312. The molecule has 0 fully saturated rings. The second-order valence-electron chi connectivity index (χ2n) is 5.28. The topological polar surface area (TPSA) is 85.8 Å². The number of nitro groups is 1. The lowest BCUT2D eigenvalue weighted by molar-refractivity contribution is -0.385. The number of hydrogen-bond acceptors (Lipinski definition) is 5. The van der Waals surface area contributed by atoms with E-state index in [2.05, 4.69) is 0 Å². The molecule has 0 spiro atoms. The van der Waals surface area contributed by atoms with Gasteiger partial charge in [-0.1, -0.05) is 6.07 Å². The quantitative estimate of drug-likeness (QED) is 0.604. The molecule has 0 bridgehead atoms. The minimum Gasteiger partial charge on any atom is -0.477 e. The fourth-order valence-corrected chi connectivity index (χ4v) is 2.03. The maximum absolute atomic E-state index is 12.1. The summed E-state index contributed by atoms with van der Waals surface area (Å²) in [7, 11) is 1.62. The molecule has 0 unspecified atom stereocenters. The van der Waals surface area contributed by atoms with Gasteiger partial charge >= 0.3 is 5.69 Å². The fourth-order valence-electron chi connectivity index (χ4n) is 2.03. The number of nitrogens with zero attached hydrogens (tertiary/aromatic N) is 2. The van der Waals surface area contributed by atoms with Crippen LogP contribution < -0.4 is 4.74 Å². The summed E-state index contributed by atoms with van der Waals surface area (Å²) in [6, 6.07) is 8.15. The number of nitro benzene ring substituents is 1. The van der Waals surface area contributed by atoms with E-state index >= 15 is 0 Å². The molecule has 1 aromatic heterocycles. The molecule has 0 radical (unpaired) electrons. The van der Waals surface area contributed by atoms with Crippen LogP contribution >= 0.6 is 0 Å². The van der Waals surface area contributed by atoms with Crippen molar-refractivity contribution in [3.63, 3.8) is 0 Å². The highest BCUT2D eigenvalue weighted by Gasteiger charge is 2.18. The van der Waals surface area contributed by atoms with Crippen molar-refractivity contribution >= 4 is 11.6 Å². The van der Waals surface area contributed by atoms with Crippen LogP contribution in [-0.4, -0.2) is 29.4 Å². The summed E-state index contributed by atoms with van der Waals surface area (Å²) in [5.74, 6) is 1.23. The maximum Gasteiger partial charge on any atom is 0.310 e. The van der Waals surface area contributed by atoms with Crippen molar-refractivity contribution in [3.05, 3.63) is 57.5 Å². The van der Waals surface area contributed by atoms with Gasteiger partial charge in [0.2, 0.25) is 0 Å². The molecule has 1 heterocycles. The van der Waals surface area contributed by atoms with Gasteiger partial charge in [0.15, 0.2) is 12.4 Å². The molecule has 23 heavy (non-hydrogen) atoms. The van der Waals surface area contributed by atoms with Crippen LogP contribution in [0.2, 0.25) is 0 Å². The highest BCUT2D eigenvalue weighted by Crippen LogP contribution is 2.27. The van der Waals surface area contributed by atoms with Crippen molar-refractivity contribution in [3.8, 4) is 5.75 Å². The smallest absolute Gasteiger partial charge is 0.310 e. The van der Waals surface area contributed by atoms with Crippen molar-refractivity contribution in [2.45, 2.75) is 20.4 Å². The lowest BCUT2D eigenvalue weighted by atomic mass is 10.2. The van der Waals surface area contributed by atoms with E-state index in [1.54, 1.807) is 32.2 Å². The average Bonchev–Trinajstić information content (AvgIpc) is 2.89. The third-order valence-corrected chi connectivity index (χ3v) is 3.28. The van der Waals surface area contributed by atoms with Gasteiger partial charge in [0, 0.05) is 13.1 Å². The zero-order valence-electron chi connectivity index (χ0n) is 13.2. The van der Waals surface area contributed by atoms with E-state index in [4.69, 9.17) is 9.15 Å². The van der Waals surface area contributed by atoms with E-state index in [-0.39, 0.29) is 24.0 Å². The van der Waals surface area contributed by atoms with Gasteiger partial charge in [-0.15, -0.1) is 0 Å². The van der Waals surface area contributed by atoms with Crippen LogP contribution in [0.4, 0.5) is 5.69 Å². The van der Waals surface area contributed by atoms with Crippen LogP contribution in [0.15, 0.2) is 34.7 Å². The van der Waals surface area contributed by atoms with Crippen molar-refractivity contribution < 1.29 is 18.9 Å². The van der Waals surface area contributed by atoms with Crippen molar-refractivity contribution in [2.75, 3.05) is 13.7 Å². The highest BCUT2D eigenvalue weighted by atomic mass is 16.6. The Hall–Kier alpha value is -2.83. The van der Waals surface area contributed by atoms with Crippen molar-refractivity contribution in [1.82, 2.24) is 4.90 Å². The number of likely N-dealkylation sites (N-methyl/N-ethyl adjacent to an activating group) is 1. The lowest BCUT2D eigenvalue weighted by Crippen LogP contribution is -2.30. The van der Waals surface area contributed by atoms with Gasteiger partial charge in [-0.2, -0.15) is 0 Å². The number of aryl methyl sites for hydroxylation is 2. The first-order valence-electron chi connectivity index (χ1n) is 7.04. The molecule has 7 nitrogen and oxygen atoms in total. The van der Waals surface area contributed by atoms with Crippen LogP contribution in [0.5, 0.6) is 5.75 Å². The minimum atomic E-state index is -0.533. The molecule has 1 aromatic carbocycles. The van der Waals surface area contributed by atoms with Crippen molar-refractivity contribution in [1.29, 1.82) is 0 Å². The van der Waals surface area contributed by atoms with E-state index in [0.29, 0.717) is 12.3 Å². The summed E-state index contributed by atoms with van der Waals surface area (Å²) in [6.07, 6.45) is 0. The van der Waals surface area contributed by atoms with Crippen LogP contribution in [0.1, 0.15) is 17.1 Å². The Kier molecular flexibility index (Phi) is 5.00. The molecule has 0 saturated carbocycles. The molecule has 0 aliphatic rings. The Morgan fingerprint density at radius 2 is 2.04 bits per heavy atom. The molecule has 0 aliphatic carbocycles. The van der Waals surface area contributed by atoms with Gasteiger partial charge < -0.3 is 14.1 Å². The number of benzene rings is 1. The van der Waals surface area contributed by atoms with Crippen molar-refractivity contribution in [2.24, 2.45) is 0 Å². The molecule has 2 rings (SSSR count). The first-order chi connectivity index (χ1) is 10.9. The van der Waals surface area contributed by atoms with Gasteiger partial charge in [-0.05, 0) is 37.6 Å². The Bertz CT molecular complexity index is 723. The second kappa shape index (κ2) is 6.95. The lowest BCUT2D eigenvalue weighted by Gasteiger charge is -2.16. The number of furan rings is 1. The van der Waals surface area contributed by atoms with Gasteiger partial charge in [-0.25, -0.2) is 0 Å². The predicted molar refractivity (Wildman–Crippen MR) is 83.2 cm³/mol. The second-order valence-corrected chi connectivity index (χ2v) is 5.28. The number of amides is 1. The average molecular weight is 318 g/mol. The number of ether oxygens (including phenoxy) is 1. The molecule has 0 saturated heterocycles. The molecule has 1 amide bonds. The van der Waals surface area contributed by atoms with Crippen LogP contribution in [0, 0.1) is 24.0 Å². The predicted octanol–water partition coefficient (Wildman–Crippen LogP) is 2.84. The largest absolute Gasteiger partial charge is 0.477 e. The molecular formula is C16H18N2O5. The Morgan fingerprint density at radius 1 is 1.30 bits per heavy atom. The zero-order valence-corrected chi connectivity index (χ0v) is 13.2. The monoisotopic (exact) mass is 318 g/mol. The van der Waals surface area contributed by atoms with Gasteiger partial charge in [-0.3, -0.25) is 14.9 Å². The Morgan fingerprint density at radius 3 is 2.65 bits per heavy atom. The summed E-state index contributed by atoms with van der Waals surface area (Å²) in [5.41, 5.74) is 0.658. The van der Waals surface area contributed by atoms with Crippen LogP contribution in [-0.2, 0) is 11.3 Å². The molecule has 0 atom stereocenters. The summed E-state index contributed by atoms with van der Waals surface area (Å²) in [4.78, 5) is 24.0. The molecule has 0 N–H and O–H groups in total. The molecule has 0 aliphatic heterocycles. The van der Waals surface area contributed by atoms with Crippen LogP contribution in [0.25, 0.3) is 0 Å². The van der Waals surface area contributed by atoms with Crippen LogP contribution in [0.3, 0.4) is 0 Å². The SMILES string of the molecule is Cc1ccc([N+](=O)[O-])c(OCC(=O)N(C)Cc2ccc(C)o2)c1. The zero-order chi connectivity index (χ0) is 17.0. The minimum absolute atomic E-state index is 0.0885. The van der Waals surface area contributed by atoms with E-state index in [1.807, 2.05) is 13.0 Å². The highest BCUT2D eigenvalue weighted by molar-refractivity contribution is 5.77. The first kappa shape index (κ1) is 16.5. The summed E-state index contributed by atoms with van der Waals surface area (Å²) in [5, 5.41) is 11.0. The molecule has 122 valence electrons. The van der Waals surface area contributed by atoms with Gasteiger partial charge in [0.1, 0.15) is 11.5 Å². The first-order valence-corrected chi connectivity index (χ1v) is 7.04. The number of rotatable bonds is 6. The number of carbonyl (C=O) groups is 1. The maximum atomic E-state index is 12.1. The number of carbonyl (C=O) groups excluding carboxylic acids is 1. The van der Waals surface area contributed by atoms with Gasteiger partial charge in [0.25, 0.3) is 5.91 Å². The third kappa shape index (κ3) is 4.32. The third-order valence-electron chi connectivity index (χ3n) is 3.28. The summed E-state index contributed by atoms with van der Waals surface area (Å²) in [6.45, 7) is 3.65. The van der Waals surface area contributed by atoms with E-state index in [1.165, 1.54) is 11.0 Å². The normalized spacial score (nSPS) is 10.4. The molecular weight excluding hydrogens is 300 g/mol. The Balaban J connectivity index is 1.98. The van der Waals surface area contributed by atoms with E-state index < -0.39 is 4.92 Å². The van der Waals surface area contributed by atoms with Gasteiger partial charge in [0.05, 0.1) is 11.5 Å². The number of hydrogen-bond donors (Lipinski definition) is 0. The van der Waals surface area contributed by atoms with E-state index in [9.17, 15) is 14.9 Å². The summed E-state index contributed by atoms with van der Waals surface area (Å²) < 4.78 is 10.8. The standard InChI is InChI=1S/C16H18N2O5/c1-11-4-7-14(18(20)21)15(8-11)22-10-16(19)17(3)9-13-6-5-12(2)23-13/h4-8H,9-10H2,1-3H3. The summed E-state index contributed by atoms with van der Waals surface area (Å²) >= 11 is 0. The van der Waals surface area contributed by atoms with E-state index in [0.717, 1.165) is 11.3 Å².